The summed E-state index contributed by atoms with van der Waals surface area (Å²) in [5.41, 5.74) is -0.663. The number of rotatable bonds is 7. The van der Waals surface area contributed by atoms with E-state index in [1.807, 2.05) is 0 Å². The van der Waals surface area contributed by atoms with Gasteiger partial charge in [0.25, 0.3) is 20.2 Å². The molecule has 4 aromatic rings. The van der Waals surface area contributed by atoms with Crippen LogP contribution in [-0.2, 0) is 20.2 Å². The van der Waals surface area contributed by atoms with Crippen LogP contribution in [0.5, 0.6) is 11.8 Å². The molecule has 0 bridgehead atoms. The predicted octanol–water partition coefficient (Wildman–Crippen LogP) is -9.47. The number of hydrogen-bond acceptors (Lipinski definition) is 13. The molecule has 0 atom stereocenters. The van der Waals surface area contributed by atoms with E-state index in [4.69, 9.17) is 0 Å². The number of fused-ring (bicyclic) bond motifs is 1. The third-order valence-electron chi connectivity index (χ3n) is 4.81. The Morgan fingerprint density at radius 1 is 0.750 bits per heavy atom. The second kappa shape index (κ2) is 14.1. The van der Waals surface area contributed by atoms with Crippen molar-refractivity contribution in [3.05, 3.63) is 54.1 Å². The van der Waals surface area contributed by atoms with Crippen molar-refractivity contribution in [2.24, 2.45) is 0 Å². The molecule has 1 aromatic heterocycles. The number of nitrogens with zero attached hydrogens (tertiary/aromatic N) is 3. The SMILES string of the molecule is O=C([O-])c1ccccc1Nc1nc([O-])nc(Nc2cc(S(=O)(=O)O)cc3cc(S(=O)(=O)O)cc([O-])c23)n1.[Na+].[Na+].[Na+]. The third kappa shape index (κ3) is 8.48. The van der Waals surface area contributed by atoms with Crippen molar-refractivity contribution in [3.8, 4) is 11.8 Å². The summed E-state index contributed by atoms with van der Waals surface area (Å²) in [5, 5.41) is 40.4. The maximum Gasteiger partial charge on any atom is 1.00 e. The molecule has 0 spiro atoms. The van der Waals surface area contributed by atoms with Crippen LogP contribution in [0.1, 0.15) is 10.4 Å². The summed E-state index contributed by atoms with van der Waals surface area (Å²) in [6.45, 7) is 0. The van der Waals surface area contributed by atoms with Gasteiger partial charge in [0, 0.05) is 16.9 Å². The predicted molar refractivity (Wildman–Crippen MR) is 120 cm³/mol. The molecule has 4 N–H and O–H groups in total. The first kappa shape index (κ1) is 36.4. The number of aromatic carboxylic acids is 1. The van der Waals surface area contributed by atoms with Gasteiger partial charge in [-0.2, -0.15) is 21.8 Å². The Balaban J connectivity index is 0.00000267. The van der Waals surface area contributed by atoms with Gasteiger partial charge < -0.3 is 30.7 Å². The van der Waals surface area contributed by atoms with Gasteiger partial charge in [-0.15, -0.1) is 0 Å². The monoisotopic (exact) mass is 615 g/mol. The smallest absolute Gasteiger partial charge is 0.872 e. The maximum absolute atomic E-state index is 12.7. The van der Waals surface area contributed by atoms with Gasteiger partial charge >= 0.3 is 88.7 Å². The third-order valence-corrected chi connectivity index (χ3v) is 6.47. The van der Waals surface area contributed by atoms with Crippen molar-refractivity contribution in [2.75, 3.05) is 10.6 Å². The fourth-order valence-electron chi connectivity index (χ4n) is 3.30. The Morgan fingerprint density at radius 2 is 1.25 bits per heavy atom. The number of carboxylic acid groups (broad SMARTS) is 1. The zero-order chi connectivity index (χ0) is 27.1. The Labute approximate surface area is 292 Å². The van der Waals surface area contributed by atoms with Crippen LogP contribution >= 0.6 is 0 Å². The summed E-state index contributed by atoms with van der Waals surface area (Å²) in [5.74, 6) is -3.46. The van der Waals surface area contributed by atoms with Crippen LogP contribution in [0.4, 0.5) is 23.3 Å². The Kier molecular flexibility index (Phi) is 12.8. The standard InChI is InChI=1S/C20H15N5O10S2.3Na/c26-15-8-11(37(33,34)35)6-9-5-10(36(30,31)32)7-14(16(9)15)22-19-23-18(24-20(29)25-19)21-13-4-2-1-3-12(13)17(27)28;;;/h1-8,26H,(H,27,28)(H,30,31,32)(H,33,34,35)(H3,21,22,23,24,25,29);;;/q;3*+1/p-3. The van der Waals surface area contributed by atoms with Crippen LogP contribution in [0, 0.1) is 0 Å². The van der Waals surface area contributed by atoms with Gasteiger partial charge in [-0.25, -0.2) is 9.97 Å². The summed E-state index contributed by atoms with van der Waals surface area (Å²) < 4.78 is 65.3. The minimum Gasteiger partial charge on any atom is -0.872 e. The summed E-state index contributed by atoms with van der Waals surface area (Å²) in [7, 11) is -9.73. The zero-order valence-corrected chi connectivity index (χ0v) is 28.6. The van der Waals surface area contributed by atoms with Crippen molar-refractivity contribution in [1.29, 1.82) is 0 Å². The summed E-state index contributed by atoms with van der Waals surface area (Å²) >= 11 is 0. The molecule has 0 aliphatic carbocycles. The number of carbonyl (C=O) groups excluding carboxylic acids is 1. The zero-order valence-electron chi connectivity index (χ0n) is 20.9. The first-order chi connectivity index (χ1) is 17.2. The maximum atomic E-state index is 12.7. The molecule has 4 rings (SSSR count). The van der Waals surface area contributed by atoms with E-state index >= 15 is 0 Å². The molecule has 0 radical (unpaired) electrons. The average Bonchev–Trinajstić information content (AvgIpc) is 2.77. The molecule has 15 nitrogen and oxygen atoms in total. The number of aromatic nitrogens is 3. The number of para-hydroxylation sites is 1. The van der Waals surface area contributed by atoms with Crippen LogP contribution in [-0.4, -0.2) is 46.9 Å². The van der Waals surface area contributed by atoms with Crippen LogP contribution in [0.15, 0.2) is 58.3 Å². The fourth-order valence-corrected chi connectivity index (χ4v) is 4.37. The fraction of sp³-hybridized carbons (Fsp3) is 0. The van der Waals surface area contributed by atoms with Crippen LogP contribution in [0.2, 0.25) is 0 Å². The first-order valence-corrected chi connectivity index (χ1v) is 12.6. The number of carbonyl (C=O) groups is 1. The molecule has 0 saturated heterocycles. The van der Waals surface area contributed by atoms with Crippen molar-refractivity contribution in [3.63, 3.8) is 0 Å². The molecular weight excluding hydrogens is 603 g/mol. The average molecular weight is 615 g/mol. The number of carboxylic acids is 1. The molecule has 0 amide bonds. The van der Waals surface area contributed by atoms with E-state index in [0.29, 0.717) is 6.07 Å². The second-order valence-electron chi connectivity index (χ2n) is 7.29. The molecular formula is C20H12N5Na3O10S2. The molecule has 0 aliphatic heterocycles. The molecule has 0 fully saturated rings. The van der Waals surface area contributed by atoms with Gasteiger partial charge in [0.05, 0.1) is 21.8 Å². The Hall–Kier alpha value is -1.58. The first-order valence-electron chi connectivity index (χ1n) is 9.73. The van der Waals surface area contributed by atoms with Crippen molar-refractivity contribution < 1.29 is 135 Å². The Bertz CT molecular complexity index is 1800. The molecule has 0 saturated carbocycles. The minimum absolute atomic E-state index is 0. The van der Waals surface area contributed by atoms with E-state index in [0.717, 1.165) is 18.2 Å². The van der Waals surface area contributed by atoms with E-state index in [9.17, 15) is 46.1 Å². The topological polar surface area (TPSA) is 258 Å². The van der Waals surface area contributed by atoms with Gasteiger partial charge in [-0.1, -0.05) is 23.9 Å². The Morgan fingerprint density at radius 3 is 1.77 bits per heavy atom. The molecule has 3 aromatic carbocycles. The summed E-state index contributed by atoms with van der Waals surface area (Å²) in [6, 6.07) is 7.33. The van der Waals surface area contributed by atoms with Crippen LogP contribution in [0.25, 0.3) is 10.8 Å². The van der Waals surface area contributed by atoms with Crippen molar-refractivity contribution in [2.45, 2.75) is 9.79 Å². The number of nitrogens with one attached hydrogen (secondary N) is 2. The van der Waals surface area contributed by atoms with E-state index in [-0.39, 0.29) is 116 Å². The normalized spacial score (nSPS) is 10.9. The van der Waals surface area contributed by atoms with Crippen LogP contribution in [0.3, 0.4) is 0 Å². The largest absolute Gasteiger partial charge is 1.00 e. The van der Waals surface area contributed by atoms with Crippen molar-refractivity contribution in [1.82, 2.24) is 15.0 Å². The summed E-state index contributed by atoms with van der Waals surface area (Å²) in [6.07, 6.45) is 0. The minimum atomic E-state index is -4.88. The van der Waals surface area contributed by atoms with Gasteiger partial charge in [0.15, 0.2) is 0 Å². The van der Waals surface area contributed by atoms with E-state index in [1.165, 1.54) is 24.3 Å². The van der Waals surface area contributed by atoms with Gasteiger partial charge in [-0.05, 0) is 41.1 Å². The summed E-state index contributed by atoms with van der Waals surface area (Å²) in [4.78, 5) is 20.6. The molecule has 1 heterocycles. The molecule has 40 heavy (non-hydrogen) atoms. The molecule has 192 valence electrons. The number of benzene rings is 3. The second-order valence-corrected chi connectivity index (χ2v) is 10.1. The van der Waals surface area contributed by atoms with E-state index in [1.54, 1.807) is 0 Å². The van der Waals surface area contributed by atoms with Crippen LogP contribution < -0.4 is 115 Å². The number of hydrogen-bond donors (Lipinski definition) is 4. The van der Waals surface area contributed by atoms with E-state index < -0.39 is 59.7 Å². The van der Waals surface area contributed by atoms with E-state index in [2.05, 4.69) is 25.6 Å². The van der Waals surface area contributed by atoms with Gasteiger partial charge in [-0.3, -0.25) is 9.11 Å². The number of anilines is 4. The molecule has 0 unspecified atom stereocenters. The van der Waals surface area contributed by atoms with Gasteiger partial charge in [0.2, 0.25) is 11.9 Å². The molecule has 20 heteroatoms. The molecule has 0 aliphatic rings. The van der Waals surface area contributed by atoms with Crippen molar-refractivity contribution >= 4 is 60.2 Å². The quantitative estimate of drug-likeness (QED) is 0.111. The van der Waals surface area contributed by atoms with Gasteiger partial charge in [0.1, 0.15) is 0 Å².